The molecule has 0 spiro atoms. The lowest BCUT2D eigenvalue weighted by molar-refractivity contribution is -0.126. The number of rotatable bonds is 4. The summed E-state index contributed by atoms with van der Waals surface area (Å²) in [6.45, 7) is 7.64. The van der Waals surface area contributed by atoms with Gasteiger partial charge in [-0.1, -0.05) is 49.7 Å². The SMILES string of the molecule is CC(C)CNC(=O)[C@@H]1Cc2ccccc2N2CCN(c3cccc(Cl)c3)C[C@@H]12. The second-order valence-corrected chi connectivity index (χ2v) is 8.70. The van der Waals surface area contributed by atoms with Crippen LogP contribution in [0.5, 0.6) is 0 Å². The molecular formula is C23H28ClN3O. The molecule has 0 aromatic heterocycles. The summed E-state index contributed by atoms with van der Waals surface area (Å²) >= 11 is 6.22. The highest BCUT2D eigenvalue weighted by Gasteiger charge is 2.41. The Kier molecular flexibility index (Phi) is 5.49. The van der Waals surface area contributed by atoms with E-state index in [1.54, 1.807) is 0 Å². The quantitative estimate of drug-likeness (QED) is 0.847. The van der Waals surface area contributed by atoms with Crippen LogP contribution in [0.25, 0.3) is 0 Å². The normalized spacial score (nSPS) is 21.3. The molecule has 1 fully saturated rings. The number of hydrogen-bond acceptors (Lipinski definition) is 3. The number of hydrogen-bond donors (Lipinski definition) is 1. The number of carbonyl (C=O) groups is 1. The van der Waals surface area contributed by atoms with Gasteiger partial charge in [-0.2, -0.15) is 0 Å². The molecule has 2 aromatic carbocycles. The van der Waals surface area contributed by atoms with Gasteiger partial charge in [0.1, 0.15) is 0 Å². The van der Waals surface area contributed by atoms with Gasteiger partial charge in [0, 0.05) is 42.6 Å². The molecule has 0 aliphatic carbocycles. The number of amides is 1. The Morgan fingerprint density at radius 2 is 2.00 bits per heavy atom. The third-order valence-corrected chi connectivity index (χ3v) is 6.05. The van der Waals surface area contributed by atoms with Gasteiger partial charge in [0.2, 0.25) is 5.91 Å². The fourth-order valence-electron chi connectivity index (χ4n) is 4.40. The minimum Gasteiger partial charge on any atom is -0.368 e. The Balaban J connectivity index is 1.62. The topological polar surface area (TPSA) is 35.6 Å². The fraction of sp³-hybridized carbons (Fsp3) is 0.435. The fourth-order valence-corrected chi connectivity index (χ4v) is 4.59. The van der Waals surface area contributed by atoms with Crippen molar-refractivity contribution in [3.05, 3.63) is 59.1 Å². The molecule has 2 atom stereocenters. The lowest BCUT2D eigenvalue weighted by Crippen LogP contribution is -2.61. The maximum atomic E-state index is 13.1. The first-order chi connectivity index (χ1) is 13.5. The van der Waals surface area contributed by atoms with Crippen molar-refractivity contribution in [2.24, 2.45) is 11.8 Å². The van der Waals surface area contributed by atoms with Gasteiger partial charge in [0.05, 0.1) is 12.0 Å². The highest BCUT2D eigenvalue weighted by atomic mass is 35.5. The first kappa shape index (κ1) is 19.1. The monoisotopic (exact) mass is 397 g/mol. The molecule has 0 bridgehead atoms. The van der Waals surface area contributed by atoms with Gasteiger partial charge in [-0.15, -0.1) is 0 Å². The average Bonchev–Trinajstić information content (AvgIpc) is 2.71. The van der Waals surface area contributed by atoms with E-state index in [1.165, 1.54) is 11.3 Å². The Morgan fingerprint density at radius 3 is 2.79 bits per heavy atom. The van der Waals surface area contributed by atoms with Crippen molar-refractivity contribution in [3.63, 3.8) is 0 Å². The van der Waals surface area contributed by atoms with Gasteiger partial charge in [0.25, 0.3) is 0 Å². The predicted molar refractivity (Wildman–Crippen MR) is 116 cm³/mol. The third kappa shape index (κ3) is 3.83. The van der Waals surface area contributed by atoms with Gasteiger partial charge >= 0.3 is 0 Å². The van der Waals surface area contributed by atoms with Crippen LogP contribution in [-0.2, 0) is 11.2 Å². The minimum atomic E-state index is -0.0457. The van der Waals surface area contributed by atoms with E-state index in [9.17, 15) is 4.79 Å². The van der Waals surface area contributed by atoms with Gasteiger partial charge < -0.3 is 15.1 Å². The highest BCUT2D eigenvalue weighted by molar-refractivity contribution is 6.30. The highest BCUT2D eigenvalue weighted by Crippen LogP contribution is 2.37. The molecule has 0 unspecified atom stereocenters. The van der Waals surface area contributed by atoms with Crippen LogP contribution in [-0.4, -0.2) is 38.1 Å². The molecule has 2 heterocycles. The number of anilines is 2. The number of piperazine rings is 1. The molecule has 1 amide bonds. The molecule has 4 rings (SSSR count). The van der Waals surface area contributed by atoms with Crippen molar-refractivity contribution in [1.82, 2.24) is 5.32 Å². The molecule has 28 heavy (non-hydrogen) atoms. The maximum absolute atomic E-state index is 13.1. The van der Waals surface area contributed by atoms with Crippen LogP contribution < -0.4 is 15.1 Å². The first-order valence-electron chi connectivity index (χ1n) is 10.2. The van der Waals surface area contributed by atoms with Crippen LogP contribution >= 0.6 is 11.6 Å². The molecule has 4 nitrogen and oxygen atoms in total. The summed E-state index contributed by atoms with van der Waals surface area (Å²) in [7, 11) is 0. The third-order valence-electron chi connectivity index (χ3n) is 5.82. The average molecular weight is 398 g/mol. The summed E-state index contributed by atoms with van der Waals surface area (Å²) in [5.74, 6) is 0.576. The number of nitrogens with one attached hydrogen (secondary N) is 1. The molecule has 2 aliphatic heterocycles. The van der Waals surface area contributed by atoms with Crippen molar-refractivity contribution in [2.45, 2.75) is 26.3 Å². The zero-order valence-corrected chi connectivity index (χ0v) is 17.3. The van der Waals surface area contributed by atoms with Gasteiger partial charge in [-0.3, -0.25) is 4.79 Å². The zero-order valence-electron chi connectivity index (χ0n) is 16.6. The Hall–Kier alpha value is -2.20. The lowest BCUT2D eigenvalue weighted by atomic mass is 9.83. The predicted octanol–water partition coefficient (Wildman–Crippen LogP) is 3.98. The molecule has 1 saturated heterocycles. The van der Waals surface area contributed by atoms with Crippen LogP contribution in [0.2, 0.25) is 5.02 Å². The number of fused-ring (bicyclic) bond motifs is 3. The van der Waals surface area contributed by atoms with Crippen molar-refractivity contribution in [2.75, 3.05) is 36.0 Å². The van der Waals surface area contributed by atoms with E-state index < -0.39 is 0 Å². The molecule has 148 valence electrons. The van der Waals surface area contributed by atoms with Crippen molar-refractivity contribution < 1.29 is 4.79 Å². The number of halogens is 1. The Labute approximate surface area is 172 Å². The van der Waals surface area contributed by atoms with Gasteiger partial charge in [-0.05, 0) is 42.2 Å². The molecule has 0 radical (unpaired) electrons. The Morgan fingerprint density at radius 1 is 1.18 bits per heavy atom. The standard InChI is InChI=1S/C23H28ClN3O/c1-16(2)14-25-23(28)20-12-17-6-3-4-9-21(17)27-11-10-26(15-22(20)27)19-8-5-7-18(24)13-19/h3-9,13,16,20,22H,10-12,14-15H2,1-2H3,(H,25,28)/t20-,22+/m1/s1. The maximum Gasteiger partial charge on any atom is 0.225 e. The van der Waals surface area contributed by atoms with E-state index in [1.807, 2.05) is 18.2 Å². The van der Waals surface area contributed by atoms with E-state index >= 15 is 0 Å². The second kappa shape index (κ2) is 8.04. The summed E-state index contributed by atoms with van der Waals surface area (Å²) in [4.78, 5) is 17.9. The summed E-state index contributed by atoms with van der Waals surface area (Å²) in [6.07, 6.45) is 0.796. The summed E-state index contributed by atoms with van der Waals surface area (Å²) in [6, 6.07) is 16.7. The van der Waals surface area contributed by atoms with Crippen molar-refractivity contribution in [3.8, 4) is 0 Å². The largest absolute Gasteiger partial charge is 0.368 e. The van der Waals surface area contributed by atoms with Crippen LogP contribution in [0.1, 0.15) is 19.4 Å². The van der Waals surface area contributed by atoms with E-state index in [-0.39, 0.29) is 17.9 Å². The van der Waals surface area contributed by atoms with Crippen LogP contribution in [0.15, 0.2) is 48.5 Å². The molecule has 1 N–H and O–H groups in total. The molecular weight excluding hydrogens is 370 g/mol. The minimum absolute atomic E-state index is 0.0457. The van der Waals surface area contributed by atoms with E-state index in [0.717, 1.165) is 43.3 Å². The summed E-state index contributed by atoms with van der Waals surface area (Å²) in [5, 5.41) is 3.92. The van der Waals surface area contributed by atoms with Crippen LogP contribution in [0.3, 0.4) is 0 Å². The zero-order chi connectivity index (χ0) is 19.7. The lowest BCUT2D eigenvalue weighted by Gasteiger charge is -2.49. The van der Waals surface area contributed by atoms with E-state index in [2.05, 4.69) is 59.3 Å². The van der Waals surface area contributed by atoms with Crippen molar-refractivity contribution in [1.29, 1.82) is 0 Å². The van der Waals surface area contributed by atoms with E-state index in [0.29, 0.717) is 5.92 Å². The van der Waals surface area contributed by atoms with Crippen molar-refractivity contribution >= 4 is 28.9 Å². The van der Waals surface area contributed by atoms with Crippen LogP contribution in [0.4, 0.5) is 11.4 Å². The van der Waals surface area contributed by atoms with E-state index in [4.69, 9.17) is 11.6 Å². The number of carbonyl (C=O) groups excluding carboxylic acids is 1. The van der Waals surface area contributed by atoms with Crippen LogP contribution in [0, 0.1) is 11.8 Å². The number of benzene rings is 2. The molecule has 5 heteroatoms. The Bertz CT molecular complexity index is 853. The first-order valence-corrected chi connectivity index (χ1v) is 10.5. The second-order valence-electron chi connectivity index (χ2n) is 8.26. The smallest absolute Gasteiger partial charge is 0.225 e. The summed E-state index contributed by atoms with van der Waals surface area (Å²) < 4.78 is 0. The molecule has 2 aromatic rings. The number of para-hydroxylation sites is 1. The number of nitrogens with zero attached hydrogens (tertiary/aromatic N) is 2. The molecule has 0 saturated carbocycles. The van der Waals surface area contributed by atoms with Gasteiger partial charge in [0.15, 0.2) is 0 Å². The molecule has 2 aliphatic rings. The summed E-state index contributed by atoms with van der Waals surface area (Å²) in [5.41, 5.74) is 3.69. The van der Waals surface area contributed by atoms with Gasteiger partial charge in [-0.25, -0.2) is 0 Å².